The molecule has 0 aliphatic carbocycles. The van der Waals surface area contributed by atoms with Crippen molar-refractivity contribution in [3.63, 3.8) is 0 Å². The molecule has 2 aromatic carbocycles. The maximum atomic E-state index is 13.9. The van der Waals surface area contributed by atoms with E-state index in [2.05, 4.69) is 18.6 Å². The van der Waals surface area contributed by atoms with Crippen molar-refractivity contribution >= 4 is 0 Å². The fourth-order valence-electron chi connectivity index (χ4n) is 3.15. The zero-order chi connectivity index (χ0) is 19.1. The molecule has 0 heterocycles. The molecule has 0 spiro atoms. The van der Waals surface area contributed by atoms with Crippen LogP contribution in [0.4, 0.5) is 17.6 Å². The lowest BCUT2D eigenvalue weighted by Crippen LogP contribution is -2.06. The first-order chi connectivity index (χ1) is 12.5. The topological polar surface area (TPSA) is 9.23 Å². The molecule has 0 amide bonds. The van der Waals surface area contributed by atoms with Gasteiger partial charge < -0.3 is 4.74 Å². The van der Waals surface area contributed by atoms with Gasteiger partial charge >= 0.3 is 6.61 Å². The highest BCUT2D eigenvalue weighted by Crippen LogP contribution is 2.32. The second kappa shape index (κ2) is 9.60. The molecular weight excluding hydrogens is 344 g/mol. The van der Waals surface area contributed by atoms with Crippen molar-refractivity contribution in [2.24, 2.45) is 0 Å². The van der Waals surface area contributed by atoms with Crippen LogP contribution in [0.15, 0.2) is 36.4 Å². The number of unbranched alkanes of at least 4 members (excludes halogenated alkanes) is 1. The number of hydrogen-bond acceptors (Lipinski definition) is 1. The summed E-state index contributed by atoms with van der Waals surface area (Å²) in [7, 11) is 0. The van der Waals surface area contributed by atoms with Gasteiger partial charge in [-0.1, -0.05) is 57.4 Å². The second-order valence-electron chi connectivity index (χ2n) is 6.40. The number of benzene rings is 2. The molecule has 0 radical (unpaired) electrons. The van der Waals surface area contributed by atoms with Crippen molar-refractivity contribution in [3.8, 4) is 16.9 Å². The largest absolute Gasteiger partial charge is 0.429 e. The van der Waals surface area contributed by atoms with Crippen LogP contribution in [0.5, 0.6) is 5.75 Å². The molecule has 0 saturated carbocycles. The van der Waals surface area contributed by atoms with Crippen molar-refractivity contribution < 1.29 is 22.3 Å². The predicted octanol–water partition coefficient (Wildman–Crippen LogP) is 7.31. The molecule has 5 heteroatoms. The van der Waals surface area contributed by atoms with Gasteiger partial charge in [-0.15, -0.1) is 0 Å². The molecule has 142 valence electrons. The number of ether oxygens (including phenoxy) is 1. The lowest BCUT2D eigenvalue weighted by atomic mass is 9.89. The Morgan fingerprint density at radius 1 is 0.846 bits per heavy atom. The van der Waals surface area contributed by atoms with E-state index in [-0.39, 0.29) is 5.56 Å². The third-order valence-corrected chi connectivity index (χ3v) is 4.46. The monoisotopic (exact) mass is 368 g/mol. The second-order valence-corrected chi connectivity index (χ2v) is 6.40. The molecule has 0 saturated heterocycles. The molecule has 0 N–H and O–H groups in total. The lowest BCUT2D eigenvalue weighted by Gasteiger charge is -2.17. The number of halogens is 4. The van der Waals surface area contributed by atoms with Gasteiger partial charge in [-0.3, -0.25) is 0 Å². The van der Waals surface area contributed by atoms with Gasteiger partial charge in [-0.05, 0) is 47.6 Å². The minimum Gasteiger partial charge on any atom is -0.429 e. The molecule has 0 bridgehead atoms. The first-order valence-corrected chi connectivity index (χ1v) is 9.00. The summed E-state index contributed by atoms with van der Waals surface area (Å²) in [5, 5.41) is 0. The summed E-state index contributed by atoms with van der Waals surface area (Å²) in [5.41, 5.74) is 2.12. The van der Waals surface area contributed by atoms with Gasteiger partial charge in [0.1, 0.15) is 0 Å². The van der Waals surface area contributed by atoms with E-state index in [1.165, 1.54) is 5.56 Å². The van der Waals surface area contributed by atoms with Crippen LogP contribution in [0.2, 0.25) is 0 Å². The van der Waals surface area contributed by atoms with E-state index in [1.807, 2.05) is 24.3 Å². The van der Waals surface area contributed by atoms with Crippen LogP contribution in [-0.2, 0) is 0 Å². The third-order valence-electron chi connectivity index (χ3n) is 4.46. The Kier molecular flexibility index (Phi) is 7.49. The molecule has 0 aliphatic heterocycles. The Morgan fingerprint density at radius 2 is 1.46 bits per heavy atom. The van der Waals surface area contributed by atoms with E-state index in [9.17, 15) is 17.6 Å². The van der Waals surface area contributed by atoms with Crippen molar-refractivity contribution in [3.05, 3.63) is 53.6 Å². The van der Waals surface area contributed by atoms with Crippen molar-refractivity contribution in [1.29, 1.82) is 0 Å². The average molecular weight is 368 g/mol. The Bertz CT molecular complexity index is 675. The number of rotatable bonds is 9. The highest BCUT2D eigenvalue weighted by molar-refractivity contribution is 5.65. The van der Waals surface area contributed by atoms with Crippen LogP contribution < -0.4 is 4.74 Å². The van der Waals surface area contributed by atoms with Crippen LogP contribution >= 0.6 is 0 Å². The average Bonchev–Trinajstić information content (AvgIpc) is 2.61. The van der Waals surface area contributed by atoms with E-state index in [1.54, 1.807) is 0 Å². The van der Waals surface area contributed by atoms with Gasteiger partial charge in [-0.25, -0.2) is 8.78 Å². The van der Waals surface area contributed by atoms with Gasteiger partial charge in [0.05, 0.1) is 0 Å². The normalized spacial score (nSPS) is 12.4. The third kappa shape index (κ3) is 5.23. The van der Waals surface area contributed by atoms with E-state index < -0.39 is 24.0 Å². The van der Waals surface area contributed by atoms with Crippen molar-refractivity contribution in [2.75, 3.05) is 0 Å². The van der Waals surface area contributed by atoms with Gasteiger partial charge in [0, 0.05) is 0 Å². The minimum absolute atomic E-state index is 0.286. The van der Waals surface area contributed by atoms with E-state index in [0.29, 0.717) is 11.5 Å². The van der Waals surface area contributed by atoms with Gasteiger partial charge in [0.25, 0.3) is 0 Å². The van der Waals surface area contributed by atoms with E-state index in [0.717, 1.165) is 44.2 Å². The van der Waals surface area contributed by atoms with E-state index in [4.69, 9.17) is 0 Å². The summed E-state index contributed by atoms with van der Waals surface area (Å²) in [6.45, 7) is 1.04. The summed E-state index contributed by atoms with van der Waals surface area (Å²) in [6.07, 6.45) is 5.62. The zero-order valence-electron chi connectivity index (χ0n) is 15.1. The summed E-state index contributed by atoms with van der Waals surface area (Å²) in [4.78, 5) is 0. The first-order valence-electron chi connectivity index (χ1n) is 9.00. The van der Waals surface area contributed by atoms with Crippen LogP contribution in [0.3, 0.4) is 0 Å². The Balaban J connectivity index is 2.24. The predicted molar refractivity (Wildman–Crippen MR) is 95.6 cm³/mol. The van der Waals surface area contributed by atoms with Gasteiger partial charge in [0.2, 0.25) is 0 Å². The van der Waals surface area contributed by atoms with Crippen LogP contribution in [0.1, 0.15) is 57.4 Å². The molecule has 1 nitrogen and oxygen atoms in total. The van der Waals surface area contributed by atoms with Crippen molar-refractivity contribution in [2.45, 2.75) is 58.5 Å². The number of alkyl halides is 2. The van der Waals surface area contributed by atoms with Crippen molar-refractivity contribution in [1.82, 2.24) is 0 Å². The highest BCUT2D eigenvalue weighted by atomic mass is 19.3. The van der Waals surface area contributed by atoms with Gasteiger partial charge in [0.15, 0.2) is 17.4 Å². The summed E-state index contributed by atoms with van der Waals surface area (Å²) >= 11 is 0. The maximum Gasteiger partial charge on any atom is 0.387 e. The Labute approximate surface area is 152 Å². The van der Waals surface area contributed by atoms with Crippen LogP contribution in [-0.4, -0.2) is 6.61 Å². The Morgan fingerprint density at radius 3 is 1.96 bits per heavy atom. The summed E-state index contributed by atoms with van der Waals surface area (Å²) in [5.74, 6) is -2.86. The SMILES string of the molecule is CCCCC(CCC)c1ccc(-c2cc(F)c(OC(F)F)c(F)c2)cc1. The van der Waals surface area contributed by atoms with Crippen LogP contribution in [0, 0.1) is 11.6 Å². The fraction of sp³-hybridized carbons (Fsp3) is 0.429. The fourth-order valence-corrected chi connectivity index (χ4v) is 3.15. The molecule has 1 atom stereocenters. The lowest BCUT2D eigenvalue weighted by molar-refractivity contribution is -0.0546. The molecule has 0 aliphatic rings. The smallest absolute Gasteiger partial charge is 0.387 e. The van der Waals surface area contributed by atoms with E-state index >= 15 is 0 Å². The Hall–Kier alpha value is -2.04. The molecule has 0 fully saturated rings. The minimum atomic E-state index is -3.28. The molecule has 26 heavy (non-hydrogen) atoms. The quantitative estimate of drug-likeness (QED) is 0.422. The molecular formula is C21H24F4O. The molecule has 0 aromatic heterocycles. The highest BCUT2D eigenvalue weighted by Gasteiger charge is 2.17. The summed E-state index contributed by atoms with van der Waals surface area (Å²) in [6, 6.07) is 9.60. The first kappa shape index (κ1) is 20.3. The van der Waals surface area contributed by atoms with Crippen LogP contribution in [0.25, 0.3) is 11.1 Å². The molecule has 2 aromatic rings. The molecule has 2 rings (SSSR count). The number of hydrogen-bond donors (Lipinski definition) is 0. The standard InChI is InChI=1S/C21H24F4O/c1-3-5-7-14(6-4-2)15-8-10-16(11-9-15)17-12-18(22)20(19(23)13-17)26-21(24)25/h8-14,21H,3-7H2,1-2H3. The summed E-state index contributed by atoms with van der Waals surface area (Å²) < 4.78 is 56.1. The zero-order valence-corrected chi connectivity index (χ0v) is 15.1. The molecule has 1 unspecified atom stereocenters. The van der Waals surface area contributed by atoms with Gasteiger partial charge in [-0.2, -0.15) is 8.78 Å². The maximum absolute atomic E-state index is 13.9.